The number of hydrogen-bond donors (Lipinski definition) is 0. The summed E-state index contributed by atoms with van der Waals surface area (Å²) in [4.78, 5) is 14.6. The Kier molecular flexibility index (Phi) is 4.23. The van der Waals surface area contributed by atoms with Gasteiger partial charge in [-0.25, -0.2) is 0 Å². The molecule has 1 nitrogen and oxygen atoms in total. The highest BCUT2D eigenvalue weighted by Crippen LogP contribution is 2.43. The van der Waals surface area contributed by atoms with Gasteiger partial charge in [-0.1, -0.05) is 51.1 Å². The molecule has 1 aliphatic rings. The van der Waals surface area contributed by atoms with Gasteiger partial charge in [-0.2, -0.15) is 0 Å². The van der Waals surface area contributed by atoms with Gasteiger partial charge in [0, 0.05) is 21.8 Å². The first-order valence-corrected chi connectivity index (χ1v) is 8.07. The molecule has 1 aromatic rings. The fourth-order valence-electron chi connectivity index (χ4n) is 1.73. The van der Waals surface area contributed by atoms with Crippen LogP contribution in [0.5, 0.6) is 0 Å². The van der Waals surface area contributed by atoms with E-state index in [1.165, 1.54) is 5.56 Å². The summed E-state index contributed by atoms with van der Waals surface area (Å²) in [5.74, 6) is 2.37. The normalized spacial score (nSPS) is 16.8. The van der Waals surface area contributed by atoms with Gasteiger partial charge in [-0.15, -0.1) is 23.5 Å². The van der Waals surface area contributed by atoms with E-state index in [1.54, 1.807) is 23.5 Å². The number of ketones is 1. The Bertz CT molecular complexity index is 469. The molecule has 1 aromatic carbocycles. The zero-order chi connectivity index (χ0) is 13.2. The molecule has 0 bridgehead atoms. The minimum absolute atomic E-state index is 0.263. The number of hydrogen-bond acceptors (Lipinski definition) is 3. The van der Waals surface area contributed by atoms with Gasteiger partial charge < -0.3 is 0 Å². The number of carbonyl (C=O) groups excluding carboxylic acids is 1. The molecule has 0 saturated heterocycles. The van der Waals surface area contributed by atoms with Crippen LogP contribution in [0.15, 0.2) is 35.2 Å². The van der Waals surface area contributed by atoms with Crippen molar-refractivity contribution < 1.29 is 4.79 Å². The van der Waals surface area contributed by atoms with Crippen molar-refractivity contribution in [1.29, 1.82) is 0 Å². The van der Waals surface area contributed by atoms with Gasteiger partial charge in [0.1, 0.15) is 0 Å². The van der Waals surface area contributed by atoms with E-state index >= 15 is 0 Å². The van der Waals surface area contributed by atoms with E-state index in [0.29, 0.717) is 0 Å². The van der Waals surface area contributed by atoms with Crippen LogP contribution in [0.25, 0.3) is 4.91 Å². The first-order valence-electron chi connectivity index (χ1n) is 6.10. The van der Waals surface area contributed by atoms with E-state index in [1.807, 2.05) is 39.0 Å². The number of benzene rings is 1. The van der Waals surface area contributed by atoms with Crippen LogP contribution in [-0.2, 0) is 4.79 Å². The molecular formula is C15H18OS2. The van der Waals surface area contributed by atoms with E-state index in [-0.39, 0.29) is 11.2 Å². The molecule has 1 aliphatic heterocycles. The Labute approximate surface area is 117 Å². The third kappa shape index (κ3) is 3.01. The Balaban J connectivity index is 2.45. The molecule has 0 unspecified atom stereocenters. The van der Waals surface area contributed by atoms with E-state index in [9.17, 15) is 4.79 Å². The average molecular weight is 278 g/mol. The molecule has 0 aromatic heterocycles. The van der Waals surface area contributed by atoms with Crippen molar-refractivity contribution in [3.63, 3.8) is 0 Å². The van der Waals surface area contributed by atoms with Crippen LogP contribution in [0, 0.1) is 5.41 Å². The largest absolute Gasteiger partial charge is 0.293 e. The Hall–Kier alpha value is -0.670. The van der Waals surface area contributed by atoms with E-state index in [0.717, 1.165) is 21.3 Å². The standard InChI is InChI=1S/C15H18OS2/c1-15(2,3)14(16)13-12(17-9-10-18-13)11-7-5-4-6-8-11/h4-8H,9-10H2,1-3H3. The molecule has 1 heterocycles. The number of carbonyl (C=O) groups is 1. The second-order valence-electron chi connectivity index (χ2n) is 5.30. The summed E-state index contributed by atoms with van der Waals surface area (Å²) < 4.78 is 0. The highest BCUT2D eigenvalue weighted by atomic mass is 32.2. The molecule has 0 N–H and O–H groups in total. The first-order chi connectivity index (χ1) is 8.50. The molecule has 0 saturated carbocycles. The van der Waals surface area contributed by atoms with Crippen LogP contribution >= 0.6 is 23.5 Å². The molecule has 96 valence electrons. The van der Waals surface area contributed by atoms with E-state index in [4.69, 9.17) is 0 Å². The second-order valence-corrected chi connectivity index (χ2v) is 7.51. The predicted octanol–water partition coefficient (Wildman–Crippen LogP) is 4.45. The molecule has 0 spiro atoms. The van der Waals surface area contributed by atoms with Crippen molar-refractivity contribution in [1.82, 2.24) is 0 Å². The smallest absolute Gasteiger partial charge is 0.175 e. The summed E-state index contributed by atoms with van der Waals surface area (Å²) in [6.45, 7) is 5.97. The van der Waals surface area contributed by atoms with Gasteiger partial charge >= 0.3 is 0 Å². The molecule has 3 heteroatoms. The lowest BCUT2D eigenvalue weighted by molar-refractivity contribution is -0.121. The zero-order valence-electron chi connectivity index (χ0n) is 11.0. The maximum Gasteiger partial charge on any atom is 0.175 e. The number of rotatable bonds is 2. The van der Waals surface area contributed by atoms with Crippen molar-refractivity contribution in [3.05, 3.63) is 40.8 Å². The molecular weight excluding hydrogens is 260 g/mol. The fourth-order valence-corrected chi connectivity index (χ4v) is 4.37. The van der Waals surface area contributed by atoms with Crippen molar-refractivity contribution in [2.24, 2.45) is 5.41 Å². The van der Waals surface area contributed by atoms with E-state index < -0.39 is 0 Å². The summed E-state index contributed by atoms with van der Waals surface area (Å²) in [6, 6.07) is 10.2. The predicted molar refractivity (Wildman–Crippen MR) is 82.7 cm³/mol. The number of Topliss-reactive ketones (excluding diaryl/α,β-unsaturated/α-hetero) is 1. The van der Waals surface area contributed by atoms with Crippen molar-refractivity contribution >= 4 is 34.2 Å². The monoisotopic (exact) mass is 278 g/mol. The van der Waals surface area contributed by atoms with E-state index in [2.05, 4.69) is 12.1 Å². The van der Waals surface area contributed by atoms with Crippen LogP contribution in [0.1, 0.15) is 26.3 Å². The lowest BCUT2D eigenvalue weighted by Crippen LogP contribution is -2.22. The molecule has 2 rings (SSSR count). The summed E-state index contributed by atoms with van der Waals surface area (Å²) in [6.07, 6.45) is 0. The highest BCUT2D eigenvalue weighted by Gasteiger charge is 2.29. The first kappa shape index (κ1) is 13.8. The third-order valence-corrected chi connectivity index (χ3v) is 5.32. The van der Waals surface area contributed by atoms with Gasteiger partial charge in [0.15, 0.2) is 5.78 Å². The molecule has 0 atom stereocenters. The molecule has 18 heavy (non-hydrogen) atoms. The molecule has 0 amide bonds. The van der Waals surface area contributed by atoms with Gasteiger partial charge in [0.05, 0.1) is 4.91 Å². The Morgan fingerprint density at radius 2 is 1.67 bits per heavy atom. The second kappa shape index (κ2) is 5.54. The quantitative estimate of drug-likeness (QED) is 0.795. The Morgan fingerprint density at radius 1 is 1.06 bits per heavy atom. The number of allylic oxidation sites excluding steroid dienone is 1. The van der Waals surface area contributed by atoms with Crippen molar-refractivity contribution in [2.45, 2.75) is 20.8 Å². The van der Waals surface area contributed by atoms with Crippen LogP contribution in [-0.4, -0.2) is 17.3 Å². The summed E-state index contributed by atoms with van der Waals surface area (Å²) in [5, 5.41) is 0. The average Bonchev–Trinajstić information content (AvgIpc) is 2.38. The van der Waals surface area contributed by atoms with Crippen LogP contribution in [0.4, 0.5) is 0 Å². The molecule has 0 aliphatic carbocycles. The van der Waals surface area contributed by atoms with Crippen molar-refractivity contribution in [2.75, 3.05) is 11.5 Å². The summed E-state index contributed by atoms with van der Waals surface area (Å²) in [5.41, 5.74) is 0.864. The van der Waals surface area contributed by atoms with Crippen LogP contribution in [0.2, 0.25) is 0 Å². The fraction of sp³-hybridized carbons (Fsp3) is 0.400. The minimum Gasteiger partial charge on any atom is -0.293 e. The highest BCUT2D eigenvalue weighted by molar-refractivity contribution is 8.14. The minimum atomic E-state index is -0.305. The lowest BCUT2D eigenvalue weighted by atomic mass is 9.90. The lowest BCUT2D eigenvalue weighted by Gasteiger charge is -2.24. The van der Waals surface area contributed by atoms with Gasteiger partial charge in [-0.3, -0.25) is 4.79 Å². The Morgan fingerprint density at radius 3 is 2.28 bits per heavy atom. The molecule has 0 radical (unpaired) electrons. The topological polar surface area (TPSA) is 17.1 Å². The van der Waals surface area contributed by atoms with Gasteiger partial charge in [0.2, 0.25) is 0 Å². The zero-order valence-corrected chi connectivity index (χ0v) is 12.7. The third-order valence-electron chi connectivity index (χ3n) is 2.71. The van der Waals surface area contributed by atoms with Gasteiger partial charge in [-0.05, 0) is 5.56 Å². The van der Waals surface area contributed by atoms with Crippen molar-refractivity contribution in [3.8, 4) is 0 Å². The van der Waals surface area contributed by atoms with Crippen LogP contribution in [0.3, 0.4) is 0 Å². The maximum atomic E-state index is 12.5. The number of thioether (sulfide) groups is 2. The van der Waals surface area contributed by atoms with Gasteiger partial charge in [0.25, 0.3) is 0 Å². The summed E-state index contributed by atoms with van der Waals surface area (Å²) >= 11 is 3.52. The SMILES string of the molecule is CC(C)(C)C(=O)C1=C(c2ccccc2)SCCS1. The summed E-state index contributed by atoms with van der Waals surface area (Å²) in [7, 11) is 0. The van der Waals surface area contributed by atoms with Crippen LogP contribution < -0.4 is 0 Å². The maximum absolute atomic E-state index is 12.5. The molecule has 0 fully saturated rings.